The van der Waals surface area contributed by atoms with Gasteiger partial charge in [0.25, 0.3) is 5.91 Å². The number of pyridine rings is 1. The number of anilines is 3. The number of sulfonamides is 1. The number of carbonyl (C=O) groups excluding carboxylic acids is 1. The van der Waals surface area contributed by atoms with E-state index in [4.69, 9.17) is 10.5 Å². The molecule has 1 aromatic carbocycles. The molecule has 0 atom stereocenters. The number of nitrogens with two attached hydrogens (primary N) is 1. The van der Waals surface area contributed by atoms with Gasteiger partial charge in [-0.3, -0.25) is 24.6 Å². The molecule has 0 saturated heterocycles. The molecule has 35 heavy (non-hydrogen) atoms. The molecule has 0 aliphatic carbocycles. The SMILES string of the molecule is CCS(=O)(=O)Nc1ccc(-c2[nH]nc(Nc3cnccn3)c2C(N)=O)cc1OCc1cccnc1. The first-order chi connectivity index (χ1) is 16.9. The summed E-state index contributed by atoms with van der Waals surface area (Å²) in [5.41, 5.74) is 7.60. The molecule has 180 valence electrons. The maximum Gasteiger partial charge on any atom is 0.254 e. The van der Waals surface area contributed by atoms with Crippen LogP contribution in [0.2, 0.25) is 0 Å². The molecule has 0 aliphatic rings. The van der Waals surface area contributed by atoms with Crippen LogP contribution in [0, 0.1) is 0 Å². The van der Waals surface area contributed by atoms with Crippen LogP contribution in [0.3, 0.4) is 0 Å². The lowest BCUT2D eigenvalue weighted by Gasteiger charge is -2.15. The molecular formula is C22H22N8O4S. The number of rotatable bonds is 10. The molecule has 0 unspecified atom stereocenters. The number of benzene rings is 1. The minimum Gasteiger partial charge on any atom is -0.487 e. The number of carbonyl (C=O) groups is 1. The van der Waals surface area contributed by atoms with Gasteiger partial charge in [-0.05, 0) is 25.1 Å². The highest BCUT2D eigenvalue weighted by Crippen LogP contribution is 2.35. The predicted molar refractivity (Wildman–Crippen MR) is 130 cm³/mol. The highest BCUT2D eigenvalue weighted by atomic mass is 32.2. The van der Waals surface area contributed by atoms with Gasteiger partial charge in [0.1, 0.15) is 23.7 Å². The first-order valence-electron chi connectivity index (χ1n) is 10.4. The summed E-state index contributed by atoms with van der Waals surface area (Å²) in [6.45, 7) is 1.67. The Labute approximate surface area is 201 Å². The molecule has 0 aliphatic heterocycles. The summed E-state index contributed by atoms with van der Waals surface area (Å²) >= 11 is 0. The van der Waals surface area contributed by atoms with Crippen LogP contribution in [0.5, 0.6) is 5.75 Å². The fourth-order valence-electron chi connectivity index (χ4n) is 3.13. The van der Waals surface area contributed by atoms with E-state index in [1.807, 2.05) is 6.07 Å². The Morgan fingerprint density at radius 3 is 2.66 bits per heavy atom. The lowest BCUT2D eigenvalue weighted by molar-refractivity contribution is 0.100. The van der Waals surface area contributed by atoms with Gasteiger partial charge in [-0.1, -0.05) is 12.1 Å². The van der Waals surface area contributed by atoms with E-state index in [1.54, 1.807) is 36.7 Å². The number of nitrogens with one attached hydrogen (secondary N) is 3. The van der Waals surface area contributed by atoms with Crippen molar-refractivity contribution in [2.75, 3.05) is 15.8 Å². The van der Waals surface area contributed by atoms with Gasteiger partial charge in [0, 0.05) is 35.9 Å². The Morgan fingerprint density at radius 1 is 1.14 bits per heavy atom. The van der Waals surface area contributed by atoms with Crippen molar-refractivity contribution >= 4 is 33.3 Å². The standard InChI is InChI=1S/C22H22N8O4S/c1-2-35(32,33)30-16-6-5-15(10-17(16)34-13-14-4-3-7-24-11-14)20-19(21(23)31)22(29-28-20)27-18-12-25-8-9-26-18/h3-12,30H,2,13H2,1H3,(H2,23,31)(H2,26,27,28,29). The van der Waals surface area contributed by atoms with Gasteiger partial charge >= 0.3 is 0 Å². The summed E-state index contributed by atoms with van der Waals surface area (Å²) in [6.07, 6.45) is 7.75. The summed E-state index contributed by atoms with van der Waals surface area (Å²) < 4.78 is 32.8. The van der Waals surface area contributed by atoms with E-state index in [1.165, 1.54) is 25.5 Å². The van der Waals surface area contributed by atoms with Crippen LogP contribution in [0.1, 0.15) is 22.8 Å². The van der Waals surface area contributed by atoms with E-state index in [0.29, 0.717) is 17.1 Å². The number of aromatic amines is 1. The molecule has 0 radical (unpaired) electrons. The molecule has 3 heterocycles. The first-order valence-corrected chi connectivity index (χ1v) is 12.1. The number of hydrogen-bond donors (Lipinski definition) is 4. The van der Waals surface area contributed by atoms with Gasteiger partial charge < -0.3 is 15.8 Å². The van der Waals surface area contributed by atoms with Crippen molar-refractivity contribution in [2.45, 2.75) is 13.5 Å². The number of aromatic nitrogens is 5. The molecule has 13 heteroatoms. The predicted octanol–water partition coefficient (Wildman–Crippen LogP) is 2.44. The maximum atomic E-state index is 12.3. The molecule has 4 aromatic rings. The number of nitrogens with zero attached hydrogens (tertiary/aromatic N) is 4. The Bertz CT molecular complexity index is 1430. The maximum absolute atomic E-state index is 12.3. The second-order valence-corrected chi connectivity index (χ2v) is 9.28. The Balaban J connectivity index is 1.72. The smallest absolute Gasteiger partial charge is 0.254 e. The highest BCUT2D eigenvalue weighted by Gasteiger charge is 2.22. The molecule has 3 aromatic heterocycles. The summed E-state index contributed by atoms with van der Waals surface area (Å²) in [7, 11) is -3.57. The normalized spacial score (nSPS) is 11.1. The third-order valence-corrected chi connectivity index (χ3v) is 6.15. The first kappa shape index (κ1) is 23.6. The van der Waals surface area contributed by atoms with Crippen LogP contribution in [0.4, 0.5) is 17.3 Å². The summed E-state index contributed by atoms with van der Waals surface area (Å²) in [5, 5.41) is 9.88. The van der Waals surface area contributed by atoms with E-state index >= 15 is 0 Å². The summed E-state index contributed by atoms with van der Waals surface area (Å²) in [4.78, 5) is 24.4. The van der Waals surface area contributed by atoms with Crippen LogP contribution in [0.15, 0.2) is 61.3 Å². The monoisotopic (exact) mass is 494 g/mol. The lowest BCUT2D eigenvalue weighted by atomic mass is 10.1. The van der Waals surface area contributed by atoms with E-state index < -0.39 is 15.9 Å². The van der Waals surface area contributed by atoms with Crippen LogP contribution in [-0.4, -0.2) is 45.2 Å². The Hall–Kier alpha value is -4.52. The van der Waals surface area contributed by atoms with Crippen molar-refractivity contribution in [1.29, 1.82) is 0 Å². The summed E-state index contributed by atoms with van der Waals surface area (Å²) in [5.74, 6) is -0.0503. The zero-order valence-electron chi connectivity index (χ0n) is 18.6. The third kappa shape index (κ3) is 5.70. The quantitative estimate of drug-likeness (QED) is 0.258. The fourth-order valence-corrected chi connectivity index (χ4v) is 3.78. The number of amides is 1. The van der Waals surface area contributed by atoms with Crippen molar-refractivity contribution < 1.29 is 17.9 Å². The fraction of sp³-hybridized carbons (Fsp3) is 0.136. The Kier molecular flexibility index (Phi) is 6.87. The zero-order valence-corrected chi connectivity index (χ0v) is 19.4. The van der Waals surface area contributed by atoms with Crippen LogP contribution < -0.4 is 20.5 Å². The average molecular weight is 495 g/mol. The lowest BCUT2D eigenvalue weighted by Crippen LogP contribution is -2.15. The molecule has 0 spiro atoms. The van der Waals surface area contributed by atoms with Gasteiger partial charge in [0.2, 0.25) is 10.0 Å². The minimum atomic E-state index is -3.57. The van der Waals surface area contributed by atoms with E-state index in [9.17, 15) is 13.2 Å². The van der Waals surface area contributed by atoms with Crippen LogP contribution in [-0.2, 0) is 16.6 Å². The average Bonchev–Trinajstić information content (AvgIpc) is 3.28. The van der Waals surface area contributed by atoms with Crippen molar-refractivity contribution in [3.8, 4) is 17.0 Å². The van der Waals surface area contributed by atoms with Gasteiger partial charge in [-0.15, -0.1) is 0 Å². The molecule has 4 rings (SSSR count). The van der Waals surface area contributed by atoms with Crippen molar-refractivity contribution in [2.24, 2.45) is 5.73 Å². The molecule has 0 fully saturated rings. The van der Waals surface area contributed by atoms with Crippen molar-refractivity contribution in [3.63, 3.8) is 0 Å². The molecule has 0 bridgehead atoms. The van der Waals surface area contributed by atoms with E-state index in [0.717, 1.165) is 5.56 Å². The Morgan fingerprint density at radius 2 is 1.97 bits per heavy atom. The highest BCUT2D eigenvalue weighted by molar-refractivity contribution is 7.92. The van der Waals surface area contributed by atoms with Gasteiger partial charge in [0.15, 0.2) is 5.82 Å². The van der Waals surface area contributed by atoms with Gasteiger partial charge in [-0.25, -0.2) is 13.4 Å². The van der Waals surface area contributed by atoms with E-state index in [2.05, 4.69) is 35.2 Å². The molecule has 0 saturated carbocycles. The summed E-state index contributed by atoms with van der Waals surface area (Å²) in [6, 6.07) is 8.36. The number of hydrogen-bond acceptors (Lipinski definition) is 9. The number of H-pyrrole nitrogens is 1. The van der Waals surface area contributed by atoms with Crippen molar-refractivity contribution in [1.82, 2.24) is 25.1 Å². The second kappa shape index (κ2) is 10.2. The third-order valence-electron chi connectivity index (χ3n) is 4.86. The second-order valence-electron chi connectivity index (χ2n) is 7.27. The zero-order chi connectivity index (χ0) is 24.8. The number of ether oxygens (including phenoxy) is 1. The van der Waals surface area contributed by atoms with Gasteiger partial charge in [-0.2, -0.15) is 5.10 Å². The van der Waals surface area contributed by atoms with Crippen LogP contribution in [0.25, 0.3) is 11.3 Å². The molecular weight excluding hydrogens is 472 g/mol. The van der Waals surface area contributed by atoms with Crippen LogP contribution >= 0.6 is 0 Å². The van der Waals surface area contributed by atoms with E-state index in [-0.39, 0.29) is 35.2 Å². The number of primary amides is 1. The van der Waals surface area contributed by atoms with Gasteiger partial charge in [0.05, 0.1) is 23.3 Å². The topological polar surface area (TPSA) is 178 Å². The molecule has 1 amide bonds. The largest absolute Gasteiger partial charge is 0.487 e. The molecule has 5 N–H and O–H groups in total. The van der Waals surface area contributed by atoms with Crippen molar-refractivity contribution in [3.05, 3.63) is 72.4 Å². The molecule has 12 nitrogen and oxygen atoms in total. The minimum absolute atomic E-state index is 0.0933.